The summed E-state index contributed by atoms with van der Waals surface area (Å²) < 4.78 is 14.4. The standard InChI is InChI=1S/C19H20FN3S/c1-13-3-4-14(2)18-17(13)21-19(24-18)23-11-9-22(10-12-23)16-7-5-15(20)6-8-16/h3-8H,9-12H2,1-2H3. The Morgan fingerprint density at radius 3 is 2.17 bits per heavy atom. The minimum atomic E-state index is -0.183. The Kier molecular flexibility index (Phi) is 3.88. The Hall–Kier alpha value is -2.14. The first-order valence-electron chi connectivity index (χ1n) is 8.24. The molecular weight excluding hydrogens is 321 g/mol. The first-order chi connectivity index (χ1) is 11.6. The summed E-state index contributed by atoms with van der Waals surface area (Å²) in [6.07, 6.45) is 0. The van der Waals surface area contributed by atoms with Gasteiger partial charge in [-0.2, -0.15) is 0 Å². The highest BCUT2D eigenvalue weighted by molar-refractivity contribution is 7.22. The van der Waals surface area contributed by atoms with Crippen LogP contribution in [-0.4, -0.2) is 31.2 Å². The quantitative estimate of drug-likeness (QED) is 0.689. The number of rotatable bonds is 2. The van der Waals surface area contributed by atoms with E-state index in [9.17, 15) is 4.39 Å². The Labute approximate surface area is 145 Å². The van der Waals surface area contributed by atoms with E-state index in [0.29, 0.717) is 0 Å². The molecule has 124 valence electrons. The molecule has 4 rings (SSSR count). The molecule has 0 spiro atoms. The first kappa shape index (κ1) is 15.4. The number of thiazole rings is 1. The highest BCUT2D eigenvalue weighted by Crippen LogP contribution is 2.33. The summed E-state index contributed by atoms with van der Waals surface area (Å²) in [4.78, 5) is 9.55. The van der Waals surface area contributed by atoms with Gasteiger partial charge < -0.3 is 9.80 Å². The summed E-state index contributed by atoms with van der Waals surface area (Å²) in [6, 6.07) is 11.1. The third-order valence-corrected chi connectivity index (χ3v) is 5.92. The highest BCUT2D eigenvalue weighted by atomic mass is 32.1. The topological polar surface area (TPSA) is 19.4 Å². The molecule has 0 aliphatic carbocycles. The minimum Gasteiger partial charge on any atom is -0.368 e. The number of aryl methyl sites for hydroxylation is 2. The van der Waals surface area contributed by atoms with Crippen LogP contribution in [0.25, 0.3) is 10.2 Å². The molecule has 1 saturated heterocycles. The van der Waals surface area contributed by atoms with Crippen LogP contribution in [0.4, 0.5) is 15.2 Å². The number of anilines is 2. The SMILES string of the molecule is Cc1ccc(C)c2sc(N3CCN(c4ccc(F)cc4)CC3)nc12. The number of halogens is 1. The van der Waals surface area contributed by atoms with Crippen molar-refractivity contribution in [3.63, 3.8) is 0 Å². The number of hydrogen-bond acceptors (Lipinski definition) is 4. The van der Waals surface area contributed by atoms with Crippen molar-refractivity contribution in [2.24, 2.45) is 0 Å². The molecule has 5 heteroatoms. The summed E-state index contributed by atoms with van der Waals surface area (Å²) in [5.41, 5.74) is 4.76. The second-order valence-corrected chi connectivity index (χ2v) is 7.30. The molecular formula is C19H20FN3S. The highest BCUT2D eigenvalue weighted by Gasteiger charge is 2.21. The number of benzene rings is 2. The number of aromatic nitrogens is 1. The van der Waals surface area contributed by atoms with E-state index in [1.807, 2.05) is 12.1 Å². The van der Waals surface area contributed by atoms with E-state index in [0.717, 1.165) is 42.5 Å². The van der Waals surface area contributed by atoms with Gasteiger partial charge in [-0.15, -0.1) is 0 Å². The molecule has 0 radical (unpaired) electrons. The van der Waals surface area contributed by atoms with Crippen molar-refractivity contribution < 1.29 is 4.39 Å². The first-order valence-corrected chi connectivity index (χ1v) is 9.06. The average Bonchev–Trinajstić information content (AvgIpc) is 3.06. The van der Waals surface area contributed by atoms with Gasteiger partial charge >= 0.3 is 0 Å². The van der Waals surface area contributed by atoms with E-state index in [4.69, 9.17) is 4.98 Å². The molecule has 3 aromatic rings. The molecule has 0 amide bonds. The average molecular weight is 341 g/mol. The number of fused-ring (bicyclic) bond motifs is 1. The lowest BCUT2D eigenvalue weighted by Crippen LogP contribution is -2.46. The van der Waals surface area contributed by atoms with Gasteiger partial charge in [0.15, 0.2) is 5.13 Å². The third kappa shape index (κ3) is 2.73. The van der Waals surface area contributed by atoms with Crippen LogP contribution in [0, 0.1) is 19.7 Å². The maximum atomic E-state index is 13.1. The van der Waals surface area contributed by atoms with Crippen molar-refractivity contribution in [2.45, 2.75) is 13.8 Å². The van der Waals surface area contributed by atoms with E-state index in [2.05, 4.69) is 35.8 Å². The molecule has 2 aromatic carbocycles. The zero-order valence-electron chi connectivity index (χ0n) is 13.9. The molecule has 1 aliphatic rings. The second-order valence-electron chi connectivity index (χ2n) is 6.32. The molecule has 2 heterocycles. The number of hydrogen-bond donors (Lipinski definition) is 0. The van der Waals surface area contributed by atoms with Crippen LogP contribution in [0.5, 0.6) is 0 Å². The minimum absolute atomic E-state index is 0.183. The van der Waals surface area contributed by atoms with Gasteiger partial charge in [-0.1, -0.05) is 23.5 Å². The van der Waals surface area contributed by atoms with Crippen LogP contribution in [0.15, 0.2) is 36.4 Å². The van der Waals surface area contributed by atoms with Crippen LogP contribution >= 0.6 is 11.3 Å². The lowest BCUT2D eigenvalue weighted by atomic mass is 10.1. The predicted molar refractivity (Wildman–Crippen MR) is 99.9 cm³/mol. The van der Waals surface area contributed by atoms with E-state index in [1.165, 1.54) is 28.0 Å². The summed E-state index contributed by atoms with van der Waals surface area (Å²) in [6.45, 7) is 8.01. The molecule has 0 N–H and O–H groups in total. The van der Waals surface area contributed by atoms with Gasteiger partial charge in [0.2, 0.25) is 0 Å². The fourth-order valence-electron chi connectivity index (χ4n) is 3.19. The predicted octanol–water partition coefficient (Wildman–Crippen LogP) is 4.38. The van der Waals surface area contributed by atoms with Crippen LogP contribution < -0.4 is 9.80 Å². The van der Waals surface area contributed by atoms with Crippen molar-refractivity contribution in [2.75, 3.05) is 36.0 Å². The summed E-state index contributed by atoms with van der Waals surface area (Å²) in [5, 5.41) is 1.11. The van der Waals surface area contributed by atoms with Gasteiger partial charge in [0, 0.05) is 31.9 Å². The number of piperazine rings is 1. The molecule has 3 nitrogen and oxygen atoms in total. The van der Waals surface area contributed by atoms with E-state index in [-0.39, 0.29) is 5.82 Å². The van der Waals surface area contributed by atoms with E-state index in [1.54, 1.807) is 11.3 Å². The maximum Gasteiger partial charge on any atom is 0.186 e. The third-order valence-electron chi connectivity index (χ3n) is 4.67. The maximum absolute atomic E-state index is 13.1. The Morgan fingerprint density at radius 2 is 1.50 bits per heavy atom. The molecule has 1 fully saturated rings. The zero-order chi connectivity index (χ0) is 16.7. The molecule has 0 unspecified atom stereocenters. The van der Waals surface area contributed by atoms with Crippen molar-refractivity contribution >= 4 is 32.4 Å². The zero-order valence-corrected chi connectivity index (χ0v) is 14.7. The normalized spacial score (nSPS) is 15.3. The van der Waals surface area contributed by atoms with Gasteiger partial charge in [-0.3, -0.25) is 0 Å². The van der Waals surface area contributed by atoms with Gasteiger partial charge in [0.05, 0.1) is 10.2 Å². The number of nitrogens with zero attached hydrogens (tertiary/aromatic N) is 3. The summed E-state index contributed by atoms with van der Waals surface area (Å²) >= 11 is 1.79. The molecule has 0 saturated carbocycles. The van der Waals surface area contributed by atoms with Crippen molar-refractivity contribution in [1.82, 2.24) is 4.98 Å². The second kappa shape index (κ2) is 6.06. The van der Waals surface area contributed by atoms with E-state index >= 15 is 0 Å². The largest absolute Gasteiger partial charge is 0.368 e. The van der Waals surface area contributed by atoms with Gasteiger partial charge in [0.1, 0.15) is 5.82 Å². The van der Waals surface area contributed by atoms with Crippen LogP contribution in [0.2, 0.25) is 0 Å². The Balaban J connectivity index is 1.52. The fraction of sp³-hybridized carbons (Fsp3) is 0.316. The van der Waals surface area contributed by atoms with Crippen molar-refractivity contribution in [1.29, 1.82) is 0 Å². The Morgan fingerprint density at radius 1 is 0.875 bits per heavy atom. The lowest BCUT2D eigenvalue weighted by Gasteiger charge is -2.36. The van der Waals surface area contributed by atoms with E-state index < -0.39 is 0 Å². The molecule has 1 aromatic heterocycles. The molecule has 24 heavy (non-hydrogen) atoms. The van der Waals surface area contributed by atoms with Gasteiger partial charge in [0.25, 0.3) is 0 Å². The van der Waals surface area contributed by atoms with Crippen molar-refractivity contribution in [3.05, 3.63) is 53.3 Å². The lowest BCUT2D eigenvalue weighted by molar-refractivity contribution is 0.624. The van der Waals surface area contributed by atoms with Crippen LogP contribution in [-0.2, 0) is 0 Å². The fourth-order valence-corrected chi connectivity index (χ4v) is 4.35. The Bertz CT molecular complexity index is 825. The molecule has 0 bridgehead atoms. The van der Waals surface area contributed by atoms with Gasteiger partial charge in [-0.05, 0) is 49.2 Å². The smallest absolute Gasteiger partial charge is 0.186 e. The van der Waals surface area contributed by atoms with Crippen LogP contribution in [0.1, 0.15) is 11.1 Å². The summed E-state index contributed by atoms with van der Waals surface area (Å²) in [7, 11) is 0. The monoisotopic (exact) mass is 341 g/mol. The molecule has 1 aliphatic heterocycles. The van der Waals surface area contributed by atoms with Crippen LogP contribution in [0.3, 0.4) is 0 Å². The molecule has 0 atom stereocenters. The van der Waals surface area contributed by atoms with Gasteiger partial charge in [-0.25, -0.2) is 9.37 Å². The van der Waals surface area contributed by atoms with Crippen molar-refractivity contribution in [3.8, 4) is 0 Å². The summed E-state index contributed by atoms with van der Waals surface area (Å²) in [5.74, 6) is -0.183.